The van der Waals surface area contributed by atoms with Gasteiger partial charge in [-0.15, -0.1) is 0 Å². The van der Waals surface area contributed by atoms with Gasteiger partial charge in [0.2, 0.25) is 0 Å². The summed E-state index contributed by atoms with van der Waals surface area (Å²) in [5, 5.41) is 15.8. The number of carbonyl (C=O) groups excluding carboxylic acids is 1. The van der Waals surface area contributed by atoms with Crippen molar-refractivity contribution in [1.29, 1.82) is 5.26 Å². The van der Waals surface area contributed by atoms with Crippen LogP contribution in [0.2, 0.25) is 5.02 Å². The maximum Gasteiger partial charge on any atom is 0.308 e. The summed E-state index contributed by atoms with van der Waals surface area (Å²) in [6.07, 6.45) is 0.203. The average molecular weight is 368 g/mol. The van der Waals surface area contributed by atoms with Crippen molar-refractivity contribution in [1.82, 2.24) is 5.32 Å². The van der Waals surface area contributed by atoms with Gasteiger partial charge in [-0.25, -0.2) is 0 Å². The molecule has 0 unspecified atom stereocenters. The first-order valence-corrected chi connectivity index (χ1v) is 8.50. The van der Waals surface area contributed by atoms with E-state index in [1.54, 1.807) is 25.3 Å². The topological polar surface area (TPSA) is 83.4 Å². The molecule has 7 heteroatoms. The van der Waals surface area contributed by atoms with Crippen molar-refractivity contribution < 1.29 is 14.3 Å². The highest BCUT2D eigenvalue weighted by Crippen LogP contribution is 2.21. The normalized spacial score (nSPS) is 12.3. The number of nitrogens with zero attached hydrogens (tertiary/aromatic N) is 1. The molecule has 138 valence electrons. The first kappa shape index (κ1) is 21.2. The van der Waals surface area contributed by atoms with Crippen LogP contribution in [0.4, 0.5) is 5.69 Å². The molecule has 1 atom stereocenters. The van der Waals surface area contributed by atoms with Gasteiger partial charge in [0.05, 0.1) is 23.6 Å². The van der Waals surface area contributed by atoms with Gasteiger partial charge < -0.3 is 20.1 Å². The SMILES string of the molecule is COCCNC[C@H](CC(=O)OC(C)(C)C)Nc1ccc(C#N)c(Cl)c1. The van der Waals surface area contributed by atoms with Crippen LogP contribution >= 0.6 is 11.6 Å². The first-order chi connectivity index (χ1) is 11.7. The second-order valence-corrected chi connectivity index (χ2v) is 7.04. The predicted molar refractivity (Wildman–Crippen MR) is 98.8 cm³/mol. The molecule has 0 radical (unpaired) electrons. The van der Waals surface area contributed by atoms with Crippen molar-refractivity contribution in [3.8, 4) is 6.07 Å². The van der Waals surface area contributed by atoms with E-state index in [-0.39, 0.29) is 18.4 Å². The third-order valence-corrected chi connectivity index (χ3v) is 3.48. The minimum Gasteiger partial charge on any atom is -0.460 e. The highest BCUT2D eigenvalue weighted by atomic mass is 35.5. The van der Waals surface area contributed by atoms with Crippen LogP contribution in [-0.4, -0.2) is 44.4 Å². The summed E-state index contributed by atoms with van der Waals surface area (Å²) < 4.78 is 10.4. The summed E-state index contributed by atoms with van der Waals surface area (Å²) in [6.45, 7) is 7.33. The lowest BCUT2D eigenvalue weighted by Gasteiger charge is -2.24. The molecule has 0 spiro atoms. The number of hydrogen-bond donors (Lipinski definition) is 2. The van der Waals surface area contributed by atoms with Gasteiger partial charge in [0, 0.05) is 31.9 Å². The molecule has 0 aromatic heterocycles. The second kappa shape index (κ2) is 10.2. The Hall–Kier alpha value is -1.81. The number of carbonyl (C=O) groups is 1. The lowest BCUT2D eigenvalue weighted by molar-refractivity contribution is -0.155. The third kappa shape index (κ3) is 8.73. The number of esters is 1. The fraction of sp³-hybridized carbons (Fsp3) is 0.556. The van der Waals surface area contributed by atoms with E-state index in [2.05, 4.69) is 10.6 Å². The van der Waals surface area contributed by atoms with Crippen LogP contribution in [0.1, 0.15) is 32.8 Å². The number of benzene rings is 1. The minimum absolute atomic E-state index is 0.185. The van der Waals surface area contributed by atoms with Gasteiger partial charge in [-0.1, -0.05) is 11.6 Å². The molecule has 0 saturated heterocycles. The van der Waals surface area contributed by atoms with Crippen LogP contribution in [-0.2, 0) is 14.3 Å². The van der Waals surface area contributed by atoms with E-state index in [0.29, 0.717) is 30.3 Å². The van der Waals surface area contributed by atoms with Crippen molar-refractivity contribution >= 4 is 23.3 Å². The number of halogens is 1. The summed E-state index contributed by atoms with van der Waals surface area (Å²) in [7, 11) is 1.64. The van der Waals surface area contributed by atoms with Crippen LogP contribution in [0, 0.1) is 11.3 Å². The van der Waals surface area contributed by atoms with Gasteiger partial charge >= 0.3 is 5.97 Å². The molecule has 0 aliphatic heterocycles. The standard InChI is InChI=1S/C18H26ClN3O3/c1-18(2,3)25-17(23)10-15(12-21-7-8-24-4)22-14-6-5-13(11-20)16(19)9-14/h5-6,9,15,21-22H,7-8,10,12H2,1-4H3/t15-/m0/s1. The molecular weight excluding hydrogens is 342 g/mol. The lowest BCUT2D eigenvalue weighted by Crippen LogP contribution is -2.37. The number of rotatable bonds is 9. The Balaban J connectivity index is 2.74. The lowest BCUT2D eigenvalue weighted by atomic mass is 10.1. The largest absolute Gasteiger partial charge is 0.460 e. The Morgan fingerprint density at radius 1 is 1.40 bits per heavy atom. The van der Waals surface area contributed by atoms with Gasteiger partial charge in [-0.2, -0.15) is 5.26 Å². The number of hydrogen-bond acceptors (Lipinski definition) is 6. The molecule has 0 fully saturated rings. The Bertz CT molecular complexity index is 609. The van der Waals surface area contributed by atoms with Gasteiger partial charge in [0.25, 0.3) is 0 Å². The Morgan fingerprint density at radius 3 is 2.68 bits per heavy atom. The molecule has 25 heavy (non-hydrogen) atoms. The van der Waals surface area contributed by atoms with Crippen molar-refractivity contribution in [3.63, 3.8) is 0 Å². The molecule has 0 aliphatic rings. The fourth-order valence-corrected chi connectivity index (χ4v) is 2.36. The van der Waals surface area contributed by atoms with Crippen molar-refractivity contribution in [2.75, 3.05) is 32.1 Å². The van der Waals surface area contributed by atoms with E-state index < -0.39 is 5.60 Å². The molecule has 6 nitrogen and oxygen atoms in total. The highest BCUT2D eigenvalue weighted by Gasteiger charge is 2.20. The maximum absolute atomic E-state index is 12.1. The monoisotopic (exact) mass is 367 g/mol. The van der Waals surface area contributed by atoms with E-state index in [4.69, 9.17) is 26.3 Å². The molecule has 0 saturated carbocycles. The predicted octanol–water partition coefficient (Wildman–Crippen LogP) is 2.96. The van der Waals surface area contributed by atoms with Crippen LogP contribution in [0.3, 0.4) is 0 Å². The summed E-state index contributed by atoms with van der Waals surface area (Å²) in [5.74, 6) is -0.279. The van der Waals surface area contributed by atoms with Crippen LogP contribution in [0.5, 0.6) is 0 Å². The molecule has 0 amide bonds. The van der Waals surface area contributed by atoms with Crippen molar-refractivity contribution in [2.24, 2.45) is 0 Å². The summed E-state index contributed by atoms with van der Waals surface area (Å²) >= 11 is 6.07. The van der Waals surface area contributed by atoms with E-state index in [1.165, 1.54) is 0 Å². The number of methoxy groups -OCH3 is 1. The van der Waals surface area contributed by atoms with Gasteiger partial charge in [-0.05, 0) is 39.0 Å². The molecule has 1 aromatic rings. The van der Waals surface area contributed by atoms with E-state index in [0.717, 1.165) is 5.69 Å². The minimum atomic E-state index is -0.525. The summed E-state index contributed by atoms with van der Waals surface area (Å²) in [5.41, 5.74) is 0.628. The van der Waals surface area contributed by atoms with Crippen LogP contribution in [0.25, 0.3) is 0 Å². The van der Waals surface area contributed by atoms with Crippen molar-refractivity contribution in [3.05, 3.63) is 28.8 Å². The number of anilines is 1. The van der Waals surface area contributed by atoms with Crippen LogP contribution < -0.4 is 10.6 Å². The Morgan fingerprint density at radius 2 is 2.12 bits per heavy atom. The Labute approximate surface area is 154 Å². The molecule has 0 aliphatic carbocycles. The van der Waals surface area contributed by atoms with Gasteiger partial charge in [0.15, 0.2) is 0 Å². The zero-order chi connectivity index (χ0) is 18.9. The van der Waals surface area contributed by atoms with Crippen LogP contribution in [0.15, 0.2) is 18.2 Å². The number of nitrogens with one attached hydrogen (secondary N) is 2. The first-order valence-electron chi connectivity index (χ1n) is 8.13. The zero-order valence-corrected chi connectivity index (χ0v) is 15.9. The van der Waals surface area contributed by atoms with Gasteiger partial charge in [0.1, 0.15) is 11.7 Å². The molecule has 1 aromatic carbocycles. The molecule has 0 heterocycles. The van der Waals surface area contributed by atoms with Gasteiger partial charge in [-0.3, -0.25) is 4.79 Å². The number of nitriles is 1. The van der Waals surface area contributed by atoms with E-state index >= 15 is 0 Å². The molecule has 0 bridgehead atoms. The smallest absolute Gasteiger partial charge is 0.308 e. The van der Waals surface area contributed by atoms with E-state index in [1.807, 2.05) is 26.8 Å². The summed E-state index contributed by atoms with van der Waals surface area (Å²) in [6, 6.07) is 6.93. The maximum atomic E-state index is 12.1. The summed E-state index contributed by atoms with van der Waals surface area (Å²) in [4.78, 5) is 12.1. The second-order valence-electron chi connectivity index (χ2n) is 6.64. The average Bonchev–Trinajstić information content (AvgIpc) is 2.49. The van der Waals surface area contributed by atoms with Crippen molar-refractivity contribution in [2.45, 2.75) is 38.8 Å². The third-order valence-electron chi connectivity index (χ3n) is 3.17. The highest BCUT2D eigenvalue weighted by molar-refractivity contribution is 6.32. The quantitative estimate of drug-likeness (QED) is 0.515. The molecule has 1 rings (SSSR count). The zero-order valence-electron chi connectivity index (χ0n) is 15.2. The molecule has 2 N–H and O–H groups in total. The Kier molecular flexibility index (Phi) is 8.70. The number of ether oxygens (including phenoxy) is 2. The fourth-order valence-electron chi connectivity index (χ4n) is 2.14. The van der Waals surface area contributed by atoms with E-state index in [9.17, 15) is 4.79 Å². The molecular formula is C18H26ClN3O3.